The van der Waals surface area contributed by atoms with Crippen molar-refractivity contribution in [2.45, 2.75) is 6.92 Å². The van der Waals surface area contributed by atoms with Crippen molar-refractivity contribution in [1.82, 2.24) is 10.1 Å². The highest BCUT2D eigenvalue weighted by Gasteiger charge is 2.17. The number of amides is 1. The van der Waals surface area contributed by atoms with Crippen molar-refractivity contribution in [1.29, 1.82) is 0 Å². The molecule has 23 heavy (non-hydrogen) atoms. The van der Waals surface area contributed by atoms with Gasteiger partial charge in [0.1, 0.15) is 0 Å². The van der Waals surface area contributed by atoms with Crippen molar-refractivity contribution < 1.29 is 18.8 Å². The van der Waals surface area contributed by atoms with Gasteiger partial charge in [-0.1, -0.05) is 5.16 Å². The van der Waals surface area contributed by atoms with Crippen molar-refractivity contribution in [3.8, 4) is 22.8 Å². The first-order valence-electron chi connectivity index (χ1n) is 6.79. The standard InChI is InChI=1S/C15H11N3O4S/c1-8-4-13(22-18-8)14(19)17-15-16-10(6-23-15)9-2-3-11-12(5-9)21-7-20-11/h2-6H,7H2,1H3,(H,16,17,19). The summed E-state index contributed by atoms with van der Waals surface area (Å²) in [5.74, 6) is 1.19. The minimum absolute atomic E-state index is 0.155. The third-order valence-electron chi connectivity index (χ3n) is 3.24. The molecule has 0 spiro atoms. The number of rotatable bonds is 3. The summed E-state index contributed by atoms with van der Waals surface area (Å²) >= 11 is 1.33. The number of carbonyl (C=O) groups is 1. The molecular weight excluding hydrogens is 318 g/mol. The average Bonchev–Trinajstić information content (AvgIpc) is 3.26. The Morgan fingerprint density at radius 1 is 1.26 bits per heavy atom. The van der Waals surface area contributed by atoms with Crippen LogP contribution in [-0.4, -0.2) is 22.8 Å². The first-order valence-corrected chi connectivity index (χ1v) is 7.67. The van der Waals surface area contributed by atoms with Gasteiger partial charge in [0.25, 0.3) is 5.91 Å². The maximum Gasteiger partial charge on any atom is 0.296 e. The Morgan fingerprint density at radius 2 is 2.13 bits per heavy atom. The summed E-state index contributed by atoms with van der Waals surface area (Å²) < 4.78 is 15.6. The molecular formula is C15H11N3O4S. The van der Waals surface area contributed by atoms with E-state index in [1.807, 2.05) is 23.6 Å². The van der Waals surface area contributed by atoms with E-state index in [9.17, 15) is 4.79 Å². The van der Waals surface area contributed by atoms with Crippen LogP contribution in [-0.2, 0) is 0 Å². The van der Waals surface area contributed by atoms with Gasteiger partial charge in [0.05, 0.1) is 11.4 Å². The van der Waals surface area contributed by atoms with Crippen LogP contribution in [0.2, 0.25) is 0 Å². The van der Waals surface area contributed by atoms with Gasteiger partial charge in [-0.15, -0.1) is 11.3 Å². The van der Waals surface area contributed by atoms with Crippen molar-refractivity contribution >= 4 is 22.4 Å². The number of hydrogen-bond donors (Lipinski definition) is 1. The number of ether oxygens (including phenoxy) is 2. The number of nitrogens with one attached hydrogen (secondary N) is 1. The highest BCUT2D eigenvalue weighted by Crippen LogP contribution is 2.36. The van der Waals surface area contributed by atoms with Gasteiger partial charge in [0.15, 0.2) is 16.6 Å². The van der Waals surface area contributed by atoms with Crippen molar-refractivity contribution in [2.75, 3.05) is 12.1 Å². The SMILES string of the molecule is Cc1cc(C(=O)Nc2nc(-c3ccc4c(c3)OCO4)cs2)on1. The maximum atomic E-state index is 12.0. The summed E-state index contributed by atoms with van der Waals surface area (Å²) in [6.07, 6.45) is 0. The first kappa shape index (κ1) is 13.8. The predicted molar refractivity (Wildman–Crippen MR) is 82.9 cm³/mol. The zero-order valence-corrected chi connectivity index (χ0v) is 12.8. The van der Waals surface area contributed by atoms with Crippen LogP contribution < -0.4 is 14.8 Å². The number of nitrogens with zero attached hydrogens (tertiary/aromatic N) is 2. The van der Waals surface area contributed by atoms with Crippen molar-refractivity contribution in [3.63, 3.8) is 0 Å². The van der Waals surface area contributed by atoms with Gasteiger partial charge >= 0.3 is 0 Å². The Hall–Kier alpha value is -2.87. The van der Waals surface area contributed by atoms with Gasteiger partial charge < -0.3 is 14.0 Å². The summed E-state index contributed by atoms with van der Waals surface area (Å²) in [4.78, 5) is 16.4. The number of hydrogen-bond acceptors (Lipinski definition) is 7. The highest BCUT2D eigenvalue weighted by molar-refractivity contribution is 7.14. The number of thiazole rings is 1. The molecule has 2 aromatic heterocycles. The third kappa shape index (κ3) is 2.64. The fourth-order valence-corrected chi connectivity index (χ4v) is 2.86. The van der Waals surface area contributed by atoms with Gasteiger partial charge in [-0.25, -0.2) is 4.98 Å². The fourth-order valence-electron chi connectivity index (χ4n) is 2.15. The molecule has 0 fully saturated rings. The molecule has 7 nitrogen and oxygen atoms in total. The smallest absolute Gasteiger partial charge is 0.296 e. The molecule has 0 saturated heterocycles. The lowest BCUT2D eigenvalue weighted by Gasteiger charge is -2.00. The molecule has 1 N–H and O–H groups in total. The molecule has 0 bridgehead atoms. The molecule has 0 unspecified atom stereocenters. The minimum atomic E-state index is -0.378. The number of aromatic nitrogens is 2. The molecule has 3 aromatic rings. The molecule has 3 heterocycles. The Morgan fingerprint density at radius 3 is 2.96 bits per heavy atom. The Kier molecular flexibility index (Phi) is 3.23. The number of aryl methyl sites for hydroxylation is 1. The maximum absolute atomic E-state index is 12.0. The predicted octanol–water partition coefficient (Wildman–Crippen LogP) is 3.09. The minimum Gasteiger partial charge on any atom is -0.454 e. The van der Waals surface area contributed by atoms with Gasteiger partial charge in [-0.05, 0) is 25.1 Å². The van der Waals surface area contributed by atoms with Crippen LogP contribution in [0.4, 0.5) is 5.13 Å². The topological polar surface area (TPSA) is 86.5 Å². The Labute approximate surface area is 134 Å². The number of benzene rings is 1. The lowest BCUT2D eigenvalue weighted by atomic mass is 10.1. The van der Waals surface area contributed by atoms with Crippen LogP contribution in [0, 0.1) is 6.92 Å². The summed E-state index contributed by atoms with van der Waals surface area (Å²) in [7, 11) is 0. The van der Waals surface area contributed by atoms with E-state index in [1.54, 1.807) is 13.0 Å². The van der Waals surface area contributed by atoms with Crippen LogP contribution >= 0.6 is 11.3 Å². The second kappa shape index (κ2) is 5.40. The van der Waals surface area contributed by atoms with E-state index < -0.39 is 0 Å². The molecule has 1 aliphatic rings. The lowest BCUT2D eigenvalue weighted by molar-refractivity contribution is 0.0988. The van der Waals surface area contributed by atoms with Crippen LogP contribution in [0.1, 0.15) is 16.2 Å². The van der Waals surface area contributed by atoms with Gasteiger partial charge in [0.2, 0.25) is 12.6 Å². The van der Waals surface area contributed by atoms with E-state index in [2.05, 4.69) is 15.5 Å². The summed E-state index contributed by atoms with van der Waals surface area (Å²) in [6.45, 7) is 1.98. The summed E-state index contributed by atoms with van der Waals surface area (Å²) in [5.41, 5.74) is 2.29. The fraction of sp³-hybridized carbons (Fsp3) is 0.133. The molecule has 1 aromatic carbocycles. The zero-order chi connectivity index (χ0) is 15.8. The molecule has 0 saturated carbocycles. The molecule has 0 radical (unpaired) electrons. The van der Waals surface area contributed by atoms with E-state index in [1.165, 1.54) is 11.3 Å². The van der Waals surface area contributed by atoms with Crippen LogP contribution in [0.15, 0.2) is 34.2 Å². The molecule has 0 atom stereocenters. The van der Waals surface area contributed by atoms with Gasteiger partial charge in [-0.3, -0.25) is 10.1 Å². The number of anilines is 1. The van der Waals surface area contributed by atoms with Crippen molar-refractivity contribution in [3.05, 3.63) is 41.1 Å². The van der Waals surface area contributed by atoms with E-state index in [4.69, 9.17) is 14.0 Å². The Balaban J connectivity index is 1.54. The molecule has 0 aliphatic carbocycles. The molecule has 8 heteroatoms. The largest absolute Gasteiger partial charge is 0.454 e. The summed E-state index contributed by atoms with van der Waals surface area (Å²) in [6, 6.07) is 7.17. The van der Waals surface area contributed by atoms with E-state index in [0.29, 0.717) is 16.6 Å². The normalized spacial score (nSPS) is 12.4. The molecule has 4 rings (SSSR count). The zero-order valence-electron chi connectivity index (χ0n) is 12.0. The highest BCUT2D eigenvalue weighted by atomic mass is 32.1. The molecule has 116 valence electrons. The molecule has 1 amide bonds. The van der Waals surface area contributed by atoms with Crippen LogP contribution in [0.5, 0.6) is 11.5 Å². The van der Waals surface area contributed by atoms with Crippen molar-refractivity contribution in [2.24, 2.45) is 0 Å². The second-order valence-corrected chi connectivity index (χ2v) is 5.75. The van der Waals surface area contributed by atoms with Gasteiger partial charge in [0, 0.05) is 17.0 Å². The van der Waals surface area contributed by atoms with E-state index in [-0.39, 0.29) is 18.5 Å². The van der Waals surface area contributed by atoms with Crippen LogP contribution in [0.3, 0.4) is 0 Å². The number of fused-ring (bicyclic) bond motifs is 1. The van der Waals surface area contributed by atoms with E-state index in [0.717, 1.165) is 17.0 Å². The summed E-state index contributed by atoms with van der Waals surface area (Å²) in [5, 5.41) is 8.72. The second-order valence-electron chi connectivity index (χ2n) is 4.89. The lowest BCUT2D eigenvalue weighted by Crippen LogP contribution is -2.10. The van der Waals surface area contributed by atoms with E-state index >= 15 is 0 Å². The molecule has 1 aliphatic heterocycles. The van der Waals surface area contributed by atoms with Crippen LogP contribution in [0.25, 0.3) is 11.3 Å². The monoisotopic (exact) mass is 329 g/mol. The Bertz CT molecular complexity index is 886. The average molecular weight is 329 g/mol. The number of carbonyl (C=O) groups excluding carboxylic acids is 1. The first-order chi connectivity index (χ1) is 11.2. The van der Waals surface area contributed by atoms with Gasteiger partial charge in [-0.2, -0.15) is 0 Å². The third-order valence-corrected chi connectivity index (χ3v) is 4.00. The quantitative estimate of drug-likeness (QED) is 0.794.